The van der Waals surface area contributed by atoms with Gasteiger partial charge in [0.05, 0.1) is 18.8 Å². The highest BCUT2D eigenvalue weighted by Gasteiger charge is 2.46. The second-order valence-electron chi connectivity index (χ2n) is 5.09. The van der Waals surface area contributed by atoms with E-state index < -0.39 is 0 Å². The summed E-state index contributed by atoms with van der Waals surface area (Å²) < 4.78 is 5.85. The van der Waals surface area contributed by atoms with E-state index in [2.05, 4.69) is 35.8 Å². The van der Waals surface area contributed by atoms with Crippen molar-refractivity contribution in [3.05, 3.63) is 35.9 Å². The summed E-state index contributed by atoms with van der Waals surface area (Å²) in [5.74, 6) is 9.20. The number of ether oxygens (including phenoxy) is 1. The summed E-state index contributed by atoms with van der Waals surface area (Å²) in [4.78, 5) is 0. The molecule has 18 heavy (non-hydrogen) atoms. The van der Waals surface area contributed by atoms with Gasteiger partial charge >= 0.3 is 0 Å². The van der Waals surface area contributed by atoms with E-state index in [0.29, 0.717) is 17.9 Å². The highest BCUT2D eigenvalue weighted by atomic mass is 32.2. The fraction of sp³-hybridized carbons (Fsp3) is 0.571. The van der Waals surface area contributed by atoms with Gasteiger partial charge in [-0.05, 0) is 23.8 Å². The van der Waals surface area contributed by atoms with Crippen LogP contribution in [-0.2, 0) is 4.74 Å². The van der Waals surface area contributed by atoms with Crippen LogP contribution in [0.25, 0.3) is 0 Å². The summed E-state index contributed by atoms with van der Waals surface area (Å²) >= 11 is 1.97. The van der Waals surface area contributed by atoms with Crippen molar-refractivity contribution < 1.29 is 4.74 Å². The zero-order valence-corrected chi connectivity index (χ0v) is 11.2. The molecular formula is C14H20N2OS. The van der Waals surface area contributed by atoms with Crippen molar-refractivity contribution in [1.29, 1.82) is 0 Å². The molecule has 1 aliphatic heterocycles. The maximum atomic E-state index is 5.85. The summed E-state index contributed by atoms with van der Waals surface area (Å²) in [6.45, 7) is 0.857. The van der Waals surface area contributed by atoms with Crippen LogP contribution in [0.15, 0.2) is 30.3 Å². The lowest BCUT2D eigenvalue weighted by Gasteiger charge is -2.30. The lowest BCUT2D eigenvalue weighted by Crippen LogP contribution is -2.49. The zero-order chi connectivity index (χ0) is 12.4. The van der Waals surface area contributed by atoms with Gasteiger partial charge in [-0.2, -0.15) is 11.8 Å². The number of thioether (sulfide) groups is 1. The average Bonchev–Trinajstić information content (AvgIpc) is 3.22. The second-order valence-corrected chi connectivity index (χ2v) is 6.24. The van der Waals surface area contributed by atoms with Crippen LogP contribution in [0.3, 0.4) is 0 Å². The number of nitrogens with two attached hydrogens (primary N) is 1. The topological polar surface area (TPSA) is 47.3 Å². The van der Waals surface area contributed by atoms with E-state index >= 15 is 0 Å². The molecule has 0 radical (unpaired) electrons. The van der Waals surface area contributed by atoms with Gasteiger partial charge in [0, 0.05) is 11.5 Å². The van der Waals surface area contributed by atoms with E-state index in [1.54, 1.807) is 0 Å². The summed E-state index contributed by atoms with van der Waals surface area (Å²) in [7, 11) is 0. The molecule has 2 aliphatic rings. The van der Waals surface area contributed by atoms with E-state index in [1.165, 1.54) is 12.0 Å². The van der Waals surface area contributed by atoms with Crippen LogP contribution in [0.4, 0.5) is 0 Å². The lowest BCUT2D eigenvalue weighted by molar-refractivity contribution is 0.0405. The molecule has 1 saturated carbocycles. The number of benzene rings is 1. The third-order valence-corrected chi connectivity index (χ3v) is 4.98. The number of hydrazine groups is 1. The molecule has 1 aromatic carbocycles. The molecule has 0 amide bonds. The predicted molar refractivity (Wildman–Crippen MR) is 75.5 cm³/mol. The summed E-state index contributed by atoms with van der Waals surface area (Å²) in [5, 5.41) is 0. The standard InChI is InChI=1S/C14H20N2OS/c15-16-14(13-9-18-7-6-17-13)12-8-11(12)10-4-2-1-3-5-10/h1-5,11-14,16H,6-9,15H2. The van der Waals surface area contributed by atoms with Gasteiger partial charge in [-0.15, -0.1) is 0 Å². The normalized spacial score (nSPS) is 33.1. The molecule has 2 fully saturated rings. The fourth-order valence-electron chi connectivity index (χ4n) is 2.92. The van der Waals surface area contributed by atoms with Crippen molar-refractivity contribution in [3.63, 3.8) is 0 Å². The summed E-state index contributed by atoms with van der Waals surface area (Å²) in [6, 6.07) is 11.0. The molecule has 1 aromatic rings. The molecule has 1 aliphatic carbocycles. The minimum absolute atomic E-state index is 0.271. The van der Waals surface area contributed by atoms with Gasteiger partial charge in [0.15, 0.2) is 0 Å². The van der Waals surface area contributed by atoms with Gasteiger partial charge in [-0.1, -0.05) is 30.3 Å². The first-order chi connectivity index (χ1) is 8.90. The van der Waals surface area contributed by atoms with Gasteiger partial charge < -0.3 is 4.74 Å². The first-order valence-corrected chi connectivity index (χ1v) is 7.76. The molecule has 0 aromatic heterocycles. The van der Waals surface area contributed by atoms with Crippen molar-refractivity contribution in [1.82, 2.24) is 5.43 Å². The molecule has 1 heterocycles. The van der Waals surface area contributed by atoms with Crippen molar-refractivity contribution >= 4 is 11.8 Å². The summed E-state index contributed by atoms with van der Waals surface area (Å²) in [5.41, 5.74) is 4.43. The number of rotatable bonds is 4. The van der Waals surface area contributed by atoms with Gasteiger partial charge in [-0.25, -0.2) is 0 Å². The molecule has 3 N–H and O–H groups in total. The average molecular weight is 264 g/mol. The Morgan fingerprint density at radius 3 is 2.83 bits per heavy atom. The largest absolute Gasteiger partial charge is 0.375 e. The molecule has 1 saturated heterocycles. The fourth-order valence-corrected chi connectivity index (χ4v) is 3.83. The smallest absolute Gasteiger partial charge is 0.0834 e. The van der Waals surface area contributed by atoms with Crippen LogP contribution in [0.5, 0.6) is 0 Å². The molecule has 4 heteroatoms. The van der Waals surface area contributed by atoms with Crippen molar-refractivity contribution in [2.24, 2.45) is 11.8 Å². The molecule has 0 spiro atoms. The van der Waals surface area contributed by atoms with Gasteiger partial charge in [0.1, 0.15) is 0 Å². The first kappa shape index (κ1) is 12.5. The Balaban J connectivity index is 1.64. The number of hydrogen-bond donors (Lipinski definition) is 2. The molecule has 0 bridgehead atoms. The monoisotopic (exact) mass is 264 g/mol. The quantitative estimate of drug-likeness (QED) is 0.642. The van der Waals surface area contributed by atoms with E-state index in [9.17, 15) is 0 Å². The SMILES string of the molecule is NNC(C1CSCCO1)C1CC1c1ccccc1. The van der Waals surface area contributed by atoms with Gasteiger partial charge in [0.2, 0.25) is 0 Å². The van der Waals surface area contributed by atoms with E-state index in [4.69, 9.17) is 10.6 Å². The Kier molecular flexibility index (Phi) is 3.89. The zero-order valence-electron chi connectivity index (χ0n) is 10.4. The lowest BCUT2D eigenvalue weighted by atomic mass is 10.0. The van der Waals surface area contributed by atoms with Gasteiger partial charge in [-0.3, -0.25) is 11.3 Å². The minimum Gasteiger partial charge on any atom is -0.375 e. The third kappa shape index (κ3) is 2.57. The van der Waals surface area contributed by atoms with Crippen LogP contribution in [0, 0.1) is 5.92 Å². The van der Waals surface area contributed by atoms with Crippen LogP contribution in [-0.4, -0.2) is 30.3 Å². The Morgan fingerprint density at radius 2 is 2.17 bits per heavy atom. The minimum atomic E-state index is 0.271. The number of nitrogens with one attached hydrogen (secondary N) is 1. The highest BCUT2D eigenvalue weighted by Crippen LogP contribution is 2.50. The maximum absolute atomic E-state index is 5.85. The van der Waals surface area contributed by atoms with Crippen LogP contribution in [0.2, 0.25) is 0 Å². The first-order valence-electron chi connectivity index (χ1n) is 6.60. The Labute approximate surface area is 112 Å². The molecule has 4 unspecified atom stereocenters. The van der Waals surface area contributed by atoms with Crippen LogP contribution in [0.1, 0.15) is 17.9 Å². The molecule has 98 valence electrons. The number of hydrogen-bond acceptors (Lipinski definition) is 4. The molecule has 4 atom stereocenters. The molecule has 3 rings (SSSR count). The predicted octanol–water partition coefficient (Wildman–Crippen LogP) is 1.75. The maximum Gasteiger partial charge on any atom is 0.0834 e. The van der Waals surface area contributed by atoms with Crippen molar-refractivity contribution in [2.45, 2.75) is 24.5 Å². The second kappa shape index (κ2) is 5.61. The van der Waals surface area contributed by atoms with Crippen molar-refractivity contribution in [2.75, 3.05) is 18.1 Å². The van der Waals surface area contributed by atoms with Crippen LogP contribution >= 0.6 is 11.8 Å². The van der Waals surface area contributed by atoms with E-state index in [0.717, 1.165) is 18.1 Å². The summed E-state index contributed by atoms with van der Waals surface area (Å²) in [6.07, 6.45) is 1.50. The Morgan fingerprint density at radius 1 is 1.33 bits per heavy atom. The van der Waals surface area contributed by atoms with Gasteiger partial charge in [0.25, 0.3) is 0 Å². The highest BCUT2D eigenvalue weighted by molar-refractivity contribution is 7.99. The Bertz CT molecular complexity index is 381. The van der Waals surface area contributed by atoms with Crippen molar-refractivity contribution in [3.8, 4) is 0 Å². The van der Waals surface area contributed by atoms with E-state index in [-0.39, 0.29) is 6.10 Å². The van der Waals surface area contributed by atoms with E-state index in [1.807, 2.05) is 11.8 Å². The Hall–Kier alpha value is -0.550. The van der Waals surface area contributed by atoms with Crippen LogP contribution < -0.4 is 11.3 Å². The third-order valence-electron chi connectivity index (χ3n) is 3.96. The molecular weight excluding hydrogens is 244 g/mol. The molecule has 3 nitrogen and oxygen atoms in total.